The van der Waals surface area contributed by atoms with Gasteiger partial charge in [0.15, 0.2) is 0 Å². The van der Waals surface area contributed by atoms with E-state index in [2.05, 4.69) is 5.32 Å². The molecular weight excluding hydrogens is 262 g/mol. The Morgan fingerprint density at radius 3 is 2.32 bits per heavy atom. The third kappa shape index (κ3) is 4.76. The molecule has 0 saturated heterocycles. The Balaban J connectivity index is 2.74. The normalized spacial score (nSPS) is 14.2. The van der Waals surface area contributed by atoms with Gasteiger partial charge in [0.2, 0.25) is 0 Å². The van der Waals surface area contributed by atoms with Crippen LogP contribution in [0.5, 0.6) is 0 Å². The first-order valence-corrected chi connectivity index (χ1v) is 7.86. The van der Waals surface area contributed by atoms with E-state index >= 15 is 0 Å². The van der Waals surface area contributed by atoms with E-state index in [9.17, 15) is 9.00 Å². The molecule has 2 unspecified atom stereocenters. The summed E-state index contributed by atoms with van der Waals surface area (Å²) in [6.07, 6.45) is 2.14. The van der Waals surface area contributed by atoms with Gasteiger partial charge in [0, 0.05) is 40.2 Å². The summed E-state index contributed by atoms with van der Waals surface area (Å²) in [5.41, 5.74) is 0.540. The maximum absolute atomic E-state index is 12.0. The predicted molar refractivity (Wildman–Crippen MR) is 76.6 cm³/mol. The number of hydrogen-bond donors (Lipinski definition) is 2. The maximum atomic E-state index is 12.0. The van der Waals surface area contributed by atoms with Crippen LogP contribution in [0.2, 0.25) is 0 Å². The van der Waals surface area contributed by atoms with Crippen LogP contribution in [0.4, 0.5) is 0 Å². The molecule has 0 saturated carbocycles. The summed E-state index contributed by atoms with van der Waals surface area (Å²) in [5, 5.41) is 11.9. The molecule has 1 aromatic rings. The molecule has 4 nitrogen and oxygen atoms in total. The highest BCUT2D eigenvalue weighted by Gasteiger charge is 2.16. The molecule has 0 bridgehead atoms. The molecule has 0 aliphatic carbocycles. The van der Waals surface area contributed by atoms with Crippen molar-refractivity contribution in [1.29, 1.82) is 0 Å². The number of hydrogen-bond acceptors (Lipinski definition) is 3. The molecule has 0 fully saturated rings. The van der Waals surface area contributed by atoms with E-state index in [-0.39, 0.29) is 24.5 Å². The van der Waals surface area contributed by atoms with Gasteiger partial charge in [-0.1, -0.05) is 13.8 Å². The summed E-state index contributed by atoms with van der Waals surface area (Å²) < 4.78 is 11.3. The maximum Gasteiger partial charge on any atom is 0.251 e. The summed E-state index contributed by atoms with van der Waals surface area (Å²) in [6, 6.07) is 6.69. The van der Waals surface area contributed by atoms with Gasteiger partial charge in [-0.15, -0.1) is 0 Å². The molecule has 106 valence electrons. The molecule has 0 spiro atoms. The molecule has 1 aromatic carbocycles. The van der Waals surface area contributed by atoms with Gasteiger partial charge in [-0.25, -0.2) is 0 Å². The van der Waals surface area contributed by atoms with Crippen LogP contribution >= 0.6 is 0 Å². The van der Waals surface area contributed by atoms with Crippen LogP contribution in [0, 0.1) is 5.92 Å². The Morgan fingerprint density at radius 1 is 1.32 bits per heavy atom. The Morgan fingerprint density at radius 2 is 1.89 bits per heavy atom. The molecule has 0 aliphatic heterocycles. The fraction of sp³-hybridized carbons (Fsp3) is 0.500. The Bertz CT molecular complexity index is 443. The number of carbonyl (C=O) groups is 1. The summed E-state index contributed by atoms with van der Waals surface area (Å²) in [7, 11) is -1.04. The summed E-state index contributed by atoms with van der Waals surface area (Å²) in [6.45, 7) is 4.06. The quantitative estimate of drug-likeness (QED) is 0.832. The van der Waals surface area contributed by atoms with Crippen LogP contribution < -0.4 is 5.32 Å². The Kier molecular flexibility index (Phi) is 6.18. The van der Waals surface area contributed by atoms with Crippen LogP contribution in [-0.2, 0) is 10.8 Å². The topological polar surface area (TPSA) is 66.4 Å². The second-order valence-electron chi connectivity index (χ2n) is 4.81. The van der Waals surface area contributed by atoms with Crippen LogP contribution in [0.25, 0.3) is 0 Å². The number of aliphatic hydroxyl groups is 1. The van der Waals surface area contributed by atoms with Crippen LogP contribution in [0.1, 0.15) is 30.6 Å². The lowest BCUT2D eigenvalue weighted by atomic mass is 10.0. The van der Waals surface area contributed by atoms with Crippen molar-refractivity contribution >= 4 is 16.7 Å². The number of carbonyl (C=O) groups excluding carboxylic acids is 1. The average Bonchev–Trinajstić information content (AvgIpc) is 2.38. The molecule has 1 amide bonds. The number of nitrogens with one attached hydrogen (secondary N) is 1. The highest BCUT2D eigenvalue weighted by atomic mass is 32.2. The van der Waals surface area contributed by atoms with E-state index < -0.39 is 10.8 Å². The minimum atomic E-state index is -1.04. The predicted octanol–water partition coefficient (Wildman–Crippen LogP) is 1.56. The van der Waals surface area contributed by atoms with Gasteiger partial charge in [-0.2, -0.15) is 0 Å². The fourth-order valence-corrected chi connectivity index (χ4v) is 2.28. The lowest BCUT2D eigenvalue weighted by Crippen LogP contribution is -2.39. The minimum Gasteiger partial charge on any atom is -0.396 e. The van der Waals surface area contributed by atoms with Crippen molar-refractivity contribution in [2.75, 3.05) is 12.9 Å². The van der Waals surface area contributed by atoms with E-state index in [1.165, 1.54) is 0 Å². The molecular formula is C14H21NO3S. The lowest BCUT2D eigenvalue weighted by Gasteiger charge is -2.21. The second-order valence-corrected chi connectivity index (χ2v) is 6.19. The molecule has 0 radical (unpaired) electrons. The van der Waals surface area contributed by atoms with Gasteiger partial charge in [0.05, 0.1) is 0 Å². The summed E-state index contributed by atoms with van der Waals surface area (Å²) in [4.78, 5) is 12.7. The van der Waals surface area contributed by atoms with Crippen molar-refractivity contribution in [3.63, 3.8) is 0 Å². The van der Waals surface area contributed by atoms with Crippen LogP contribution in [0.15, 0.2) is 29.2 Å². The fourth-order valence-electron chi connectivity index (χ4n) is 1.76. The Hall–Kier alpha value is -1.20. The zero-order chi connectivity index (χ0) is 14.4. The first-order valence-electron chi connectivity index (χ1n) is 6.31. The van der Waals surface area contributed by atoms with Gasteiger partial charge in [-0.3, -0.25) is 9.00 Å². The van der Waals surface area contributed by atoms with E-state index in [4.69, 9.17) is 5.11 Å². The minimum absolute atomic E-state index is 0.0440. The standard InChI is InChI=1S/C14H21NO3S/c1-10(2)13(8-9-16)15-14(17)11-4-6-12(7-5-11)19(3)18/h4-7,10,13,16H,8-9H2,1-3H3,(H,15,17). The van der Waals surface area contributed by atoms with E-state index in [0.29, 0.717) is 16.9 Å². The molecule has 0 aromatic heterocycles. The number of benzene rings is 1. The third-order valence-electron chi connectivity index (χ3n) is 3.01. The molecule has 19 heavy (non-hydrogen) atoms. The van der Waals surface area contributed by atoms with Crippen molar-refractivity contribution in [2.45, 2.75) is 31.2 Å². The highest BCUT2D eigenvalue weighted by Crippen LogP contribution is 2.10. The molecule has 0 aliphatic rings. The molecule has 2 atom stereocenters. The zero-order valence-electron chi connectivity index (χ0n) is 11.6. The van der Waals surface area contributed by atoms with Crippen molar-refractivity contribution in [3.05, 3.63) is 29.8 Å². The molecule has 2 N–H and O–H groups in total. The number of aliphatic hydroxyl groups excluding tert-OH is 1. The van der Waals surface area contributed by atoms with Gasteiger partial charge in [-0.05, 0) is 36.6 Å². The van der Waals surface area contributed by atoms with E-state index in [1.807, 2.05) is 13.8 Å². The van der Waals surface area contributed by atoms with Crippen molar-refractivity contribution in [1.82, 2.24) is 5.32 Å². The molecule has 1 rings (SSSR count). The van der Waals surface area contributed by atoms with Crippen LogP contribution in [-0.4, -0.2) is 34.1 Å². The smallest absolute Gasteiger partial charge is 0.251 e. The first-order chi connectivity index (χ1) is 8.95. The van der Waals surface area contributed by atoms with Gasteiger partial charge < -0.3 is 10.4 Å². The molecule has 5 heteroatoms. The zero-order valence-corrected chi connectivity index (χ0v) is 12.4. The van der Waals surface area contributed by atoms with Crippen molar-refractivity contribution in [2.24, 2.45) is 5.92 Å². The number of amides is 1. The van der Waals surface area contributed by atoms with Gasteiger partial charge >= 0.3 is 0 Å². The summed E-state index contributed by atoms with van der Waals surface area (Å²) >= 11 is 0. The van der Waals surface area contributed by atoms with Gasteiger partial charge in [0.1, 0.15) is 0 Å². The third-order valence-corrected chi connectivity index (χ3v) is 3.95. The van der Waals surface area contributed by atoms with Crippen LogP contribution in [0.3, 0.4) is 0 Å². The first kappa shape index (κ1) is 15.9. The largest absolute Gasteiger partial charge is 0.396 e. The van der Waals surface area contributed by atoms with Crippen molar-refractivity contribution < 1.29 is 14.1 Å². The Labute approximate surface area is 116 Å². The van der Waals surface area contributed by atoms with E-state index in [0.717, 1.165) is 0 Å². The lowest BCUT2D eigenvalue weighted by molar-refractivity contribution is 0.0916. The average molecular weight is 283 g/mol. The van der Waals surface area contributed by atoms with Gasteiger partial charge in [0.25, 0.3) is 5.91 Å². The SMILES string of the molecule is CC(C)C(CCO)NC(=O)c1ccc(S(C)=O)cc1. The highest BCUT2D eigenvalue weighted by molar-refractivity contribution is 7.84. The monoisotopic (exact) mass is 283 g/mol. The second kappa shape index (κ2) is 7.40. The van der Waals surface area contributed by atoms with Crippen molar-refractivity contribution in [3.8, 4) is 0 Å². The summed E-state index contributed by atoms with van der Waals surface area (Å²) in [5.74, 6) is 0.0964. The van der Waals surface area contributed by atoms with E-state index in [1.54, 1.807) is 30.5 Å². The molecule has 0 heterocycles. The number of rotatable bonds is 6.